The molecule has 3 atom stereocenters. The van der Waals surface area contributed by atoms with Crippen LogP contribution in [-0.2, 0) is 0 Å². The number of fused-ring (bicyclic) bond motifs is 3. The quantitative estimate of drug-likeness (QED) is 0.215. The van der Waals surface area contributed by atoms with E-state index >= 15 is 0 Å². The second-order valence-corrected chi connectivity index (χ2v) is 11.8. The SMILES string of the molecule is CN1C(c2cccc3ccccc23)=CC(c2ccc(C3=CC=CC4C=CC=CC34)cc2)=CC1c1cccc2ccccc12. The molecule has 0 aromatic heterocycles. The number of benzene rings is 5. The molecule has 0 N–H and O–H groups in total. The van der Waals surface area contributed by atoms with E-state index in [0.717, 1.165) is 0 Å². The van der Waals surface area contributed by atoms with Gasteiger partial charge in [-0.1, -0.05) is 152 Å². The van der Waals surface area contributed by atoms with E-state index < -0.39 is 0 Å². The molecule has 0 saturated carbocycles. The van der Waals surface area contributed by atoms with E-state index in [-0.39, 0.29) is 6.04 Å². The maximum Gasteiger partial charge on any atom is 0.0738 e. The van der Waals surface area contributed by atoms with Crippen LogP contribution < -0.4 is 0 Å². The largest absolute Gasteiger partial charge is 0.363 e. The lowest BCUT2D eigenvalue weighted by molar-refractivity contribution is 0.416. The third-order valence-corrected chi connectivity index (χ3v) is 9.33. The predicted molar refractivity (Wildman–Crippen MR) is 183 cm³/mol. The monoisotopic (exact) mass is 551 g/mol. The molecule has 3 unspecified atom stereocenters. The Morgan fingerprint density at radius 1 is 0.581 bits per heavy atom. The fourth-order valence-corrected chi connectivity index (χ4v) is 7.09. The molecule has 1 nitrogen and oxygen atoms in total. The molecular formula is C42H33N. The minimum absolute atomic E-state index is 0.0888. The lowest BCUT2D eigenvalue weighted by Gasteiger charge is -2.36. The van der Waals surface area contributed by atoms with Gasteiger partial charge in [-0.25, -0.2) is 0 Å². The number of likely N-dealkylation sites (N-methyl/N-ethyl adjacent to an activating group) is 1. The molecule has 1 aliphatic heterocycles. The van der Waals surface area contributed by atoms with Crippen LogP contribution in [0.4, 0.5) is 0 Å². The fourth-order valence-electron chi connectivity index (χ4n) is 7.09. The van der Waals surface area contributed by atoms with Crippen LogP contribution in [0.15, 0.2) is 164 Å². The van der Waals surface area contributed by atoms with Gasteiger partial charge in [-0.05, 0) is 61.5 Å². The number of allylic oxidation sites excluding steroid dienone is 10. The minimum atomic E-state index is 0.0888. The van der Waals surface area contributed by atoms with Crippen LogP contribution in [0, 0.1) is 11.8 Å². The number of rotatable bonds is 4. The smallest absolute Gasteiger partial charge is 0.0738 e. The van der Waals surface area contributed by atoms with Gasteiger partial charge in [0, 0.05) is 30.1 Å². The Kier molecular flexibility index (Phi) is 6.30. The minimum Gasteiger partial charge on any atom is -0.363 e. The second-order valence-electron chi connectivity index (χ2n) is 11.8. The molecule has 1 heterocycles. The summed E-state index contributed by atoms with van der Waals surface area (Å²) in [5.41, 5.74) is 8.98. The first-order valence-electron chi connectivity index (χ1n) is 15.2. The highest BCUT2D eigenvalue weighted by Crippen LogP contribution is 2.43. The van der Waals surface area contributed by atoms with Crippen molar-refractivity contribution in [1.29, 1.82) is 0 Å². The molecule has 1 heteroatoms. The molecule has 43 heavy (non-hydrogen) atoms. The molecule has 0 fully saturated rings. The average Bonchev–Trinajstić information content (AvgIpc) is 3.08. The van der Waals surface area contributed by atoms with Crippen molar-refractivity contribution in [3.05, 3.63) is 186 Å². The van der Waals surface area contributed by atoms with Crippen LogP contribution in [0.25, 0.3) is 38.4 Å². The summed E-state index contributed by atoms with van der Waals surface area (Å²) in [4.78, 5) is 2.45. The molecule has 2 aliphatic carbocycles. The summed E-state index contributed by atoms with van der Waals surface area (Å²) in [6.07, 6.45) is 20.6. The zero-order chi connectivity index (χ0) is 28.8. The van der Waals surface area contributed by atoms with Gasteiger partial charge in [-0.2, -0.15) is 0 Å². The van der Waals surface area contributed by atoms with Crippen molar-refractivity contribution in [2.75, 3.05) is 7.05 Å². The van der Waals surface area contributed by atoms with Crippen LogP contribution >= 0.6 is 0 Å². The zero-order valence-electron chi connectivity index (χ0n) is 24.3. The summed E-state index contributed by atoms with van der Waals surface area (Å²) in [5.74, 6) is 0.839. The van der Waals surface area contributed by atoms with Gasteiger partial charge in [0.2, 0.25) is 0 Å². The van der Waals surface area contributed by atoms with Crippen molar-refractivity contribution in [2.45, 2.75) is 6.04 Å². The Balaban J connectivity index is 1.25. The first-order valence-corrected chi connectivity index (χ1v) is 15.2. The topological polar surface area (TPSA) is 3.24 Å². The van der Waals surface area contributed by atoms with Crippen LogP contribution in [0.5, 0.6) is 0 Å². The Bertz CT molecular complexity index is 2040. The normalized spacial score (nSPS) is 21.0. The maximum atomic E-state index is 2.45. The van der Waals surface area contributed by atoms with Crippen LogP contribution in [0.3, 0.4) is 0 Å². The zero-order valence-corrected chi connectivity index (χ0v) is 24.3. The first-order chi connectivity index (χ1) is 21.2. The highest BCUT2D eigenvalue weighted by molar-refractivity contribution is 5.98. The molecule has 0 amide bonds. The highest BCUT2D eigenvalue weighted by atomic mass is 15.1. The van der Waals surface area contributed by atoms with Gasteiger partial charge >= 0.3 is 0 Å². The van der Waals surface area contributed by atoms with Gasteiger partial charge < -0.3 is 4.90 Å². The Morgan fingerprint density at radius 3 is 2.07 bits per heavy atom. The van der Waals surface area contributed by atoms with Crippen LogP contribution in [-0.4, -0.2) is 11.9 Å². The van der Waals surface area contributed by atoms with Crippen molar-refractivity contribution >= 4 is 38.4 Å². The van der Waals surface area contributed by atoms with Crippen molar-refractivity contribution in [3.8, 4) is 0 Å². The molecule has 5 aromatic rings. The molecule has 5 aromatic carbocycles. The van der Waals surface area contributed by atoms with E-state index in [1.165, 1.54) is 60.6 Å². The lowest BCUT2D eigenvalue weighted by atomic mass is 9.77. The highest BCUT2D eigenvalue weighted by Gasteiger charge is 2.27. The summed E-state index contributed by atoms with van der Waals surface area (Å²) in [6.45, 7) is 0. The number of nitrogens with zero attached hydrogens (tertiary/aromatic N) is 1. The molecule has 206 valence electrons. The van der Waals surface area contributed by atoms with Gasteiger partial charge in [0.05, 0.1) is 6.04 Å². The third-order valence-electron chi connectivity index (χ3n) is 9.33. The average molecular weight is 552 g/mol. The van der Waals surface area contributed by atoms with E-state index in [1.54, 1.807) is 0 Å². The Morgan fingerprint density at radius 2 is 1.23 bits per heavy atom. The third kappa shape index (κ3) is 4.49. The molecule has 3 aliphatic rings. The van der Waals surface area contributed by atoms with Crippen molar-refractivity contribution in [3.63, 3.8) is 0 Å². The standard InChI is InChI=1S/C42H33N/c1-43-41(39-21-9-15-31-12-3-6-18-37(31)39)27-34(28-42(43)40-22-10-16-32-13-4-7-19-38(32)40)29-23-25-33(26-24-29)36-20-8-14-30-11-2-5-17-35(30)36/h2-28,30,35,41H,1H3. The van der Waals surface area contributed by atoms with Gasteiger partial charge in [0.1, 0.15) is 0 Å². The number of hydrogen-bond acceptors (Lipinski definition) is 1. The summed E-state index contributed by atoms with van der Waals surface area (Å²) < 4.78 is 0. The van der Waals surface area contributed by atoms with E-state index in [2.05, 4.69) is 176 Å². The van der Waals surface area contributed by atoms with Crippen molar-refractivity contribution in [1.82, 2.24) is 4.90 Å². The van der Waals surface area contributed by atoms with Gasteiger partial charge in [0.15, 0.2) is 0 Å². The summed E-state index contributed by atoms with van der Waals surface area (Å²) >= 11 is 0. The Labute approximate surface area is 253 Å². The van der Waals surface area contributed by atoms with Gasteiger partial charge in [-0.3, -0.25) is 0 Å². The van der Waals surface area contributed by atoms with E-state index in [9.17, 15) is 0 Å². The molecular weight excluding hydrogens is 518 g/mol. The first kappa shape index (κ1) is 25.6. The van der Waals surface area contributed by atoms with Crippen molar-refractivity contribution in [2.24, 2.45) is 11.8 Å². The van der Waals surface area contributed by atoms with Crippen LogP contribution in [0.2, 0.25) is 0 Å². The predicted octanol–water partition coefficient (Wildman–Crippen LogP) is 10.4. The molecule has 0 bridgehead atoms. The maximum absolute atomic E-state index is 2.45. The van der Waals surface area contributed by atoms with Gasteiger partial charge in [-0.15, -0.1) is 0 Å². The van der Waals surface area contributed by atoms with E-state index in [0.29, 0.717) is 11.8 Å². The second kappa shape index (κ2) is 10.6. The van der Waals surface area contributed by atoms with E-state index in [1.807, 2.05) is 0 Å². The van der Waals surface area contributed by atoms with Gasteiger partial charge in [0.25, 0.3) is 0 Å². The Hall–Kier alpha value is -5.14. The summed E-state index contributed by atoms with van der Waals surface area (Å²) in [5, 5.41) is 5.11. The number of hydrogen-bond donors (Lipinski definition) is 0. The summed E-state index contributed by atoms with van der Waals surface area (Å²) in [6, 6.07) is 40.1. The fraction of sp³-hybridized carbons (Fsp3) is 0.0952. The molecule has 8 rings (SSSR count). The van der Waals surface area contributed by atoms with Crippen molar-refractivity contribution < 1.29 is 0 Å². The molecule has 0 saturated heterocycles. The summed E-state index contributed by atoms with van der Waals surface area (Å²) in [7, 11) is 2.24. The van der Waals surface area contributed by atoms with Crippen LogP contribution in [0.1, 0.15) is 28.3 Å². The van der Waals surface area contributed by atoms with E-state index in [4.69, 9.17) is 0 Å². The molecule has 0 spiro atoms. The molecule has 0 radical (unpaired) electrons. The lowest BCUT2D eigenvalue weighted by Crippen LogP contribution is -2.25.